The van der Waals surface area contributed by atoms with Gasteiger partial charge in [-0.2, -0.15) is 0 Å². The van der Waals surface area contributed by atoms with Crippen molar-refractivity contribution in [3.05, 3.63) is 96.3 Å². The number of rotatable bonds is 6. The first-order valence-electron chi connectivity index (χ1n) is 11.0. The molecule has 8 heteroatoms. The van der Waals surface area contributed by atoms with Crippen molar-refractivity contribution in [3.63, 3.8) is 0 Å². The summed E-state index contributed by atoms with van der Waals surface area (Å²) in [5, 5.41) is 14.1. The fourth-order valence-corrected chi connectivity index (χ4v) is 4.01. The Kier molecular flexibility index (Phi) is 6.08. The van der Waals surface area contributed by atoms with Gasteiger partial charge in [-0.05, 0) is 64.5 Å². The lowest BCUT2D eigenvalue weighted by Crippen LogP contribution is -2.45. The van der Waals surface area contributed by atoms with Gasteiger partial charge in [-0.1, -0.05) is 30.3 Å². The van der Waals surface area contributed by atoms with Crippen molar-refractivity contribution >= 4 is 17.3 Å². The average Bonchev–Trinajstić information content (AvgIpc) is 3.41. The van der Waals surface area contributed by atoms with Gasteiger partial charge in [0.2, 0.25) is 0 Å². The topological polar surface area (TPSA) is 79.2 Å². The predicted molar refractivity (Wildman–Crippen MR) is 127 cm³/mol. The fourth-order valence-electron chi connectivity index (χ4n) is 4.01. The zero-order valence-corrected chi connectivity index (χ0v) is 18.2. The summed E-state index contributed by atoms with van der Waals surface area (Å²) in [5.74, 6) is -0.152. The first-order chi connectivity index (χ1) is 16.2. The summed E-state index contributed by atoms with van der Waals surface area (Å²) in [6.07, 6.45) is 1.51. The first-order valence-corrected chi connectivity index (χ1v) is 11.0. The van der Waals surface area contributed by atoms with E-state index in [4.69, 9.17) is 0 Å². The molecule has 1 fully saturated rings. The fraction of sp³-hybridized carbons (Fsp3) is 0.200. The van der Waals surface area contributed by atoms with Crippen LogP contribution in [0.25, 0.3) is 5.69 Å². The molecule has 5 rings (SSSR count). The maximum absolute atomic E-state index is 12.6. The number of piperazine rings is 1. The van der Waals surface area contributed by atoms with E-state index in [2.05, 4.69) is 73.1 Å². The quantitative estimate of drug-likeness (QED) is 0.497. The number of tetrazole rings is 1. The number of nitrogens with zero attached hydrogens (tertiary/aromatic N) is 6. The van der Waals surface area contributed by atoms with Crippen molar-refractivity contribution in [2.75, 3.05) is 36.4 Å². The number of nitrogens with one attached hydrogen (secondary N) is 1. The van der Waals surface area contributed by atoms with Crippen molar-refractivity contribution < 1.29 is 4.79 Å². The summed E-state index contributed by atoms with van der Waals surface area (Å²) in [6.45, 7) is 5.05. The summed E-state index contributed by atoms with van der Waals surface area (Å²) in [7, 11) is 0. The highest BCUT2D eigenvalue weighted by Crippen LogP contribution is 2.21. The Bertz CT molecular complexity index is 1170. The summed E-state index contributed by atoms with van der Waals surface area (Å²) >= 11 is 0. The number of amides is 1. The summed E-state index contributed by atoms with van der Waals surface area (Å²) in [4.78, 5) is 17.5. The van der Waals surface area contributed by atoms with Gasteiger partial charge in [-0.25, -0.2) is 4.68 Å². The maximum atomic E-state index is 12.6. The Balaban J connectivity index is 1.14. The molecule has 0 bridgehead atoms. The molecule has 0 radical (unpaired) electrons. The monoisotopic (exact) mass is 439 g/mol. The minimum Gasteiger partial charge on any atom is -0.369 e. The Morgan fingerprint density at radius 2 is 1.52 bits per heavy atom. The van der Waals surface area contributed by atoms with Crippen molar-refractivity contribution in [3.8, 4) is 5.69 Å². The van der Waals surface area contributed by atoms with Gasteiger partial charge in [0, 0.05) is 49.7 Å². The molecule has 8 nitrogen and oxygen atoms in total. The van der Waals surface area contributed by atoms with Crippen LogP contribution < -0.4 is 10.2 Å². The molecule has 1 aliphatic heterocycles. The lowest BCUT2D eigenvalue weighted by Gasteiger charge is -2.36. The second-order valence-corrected chi connectivity index (χ2v) is 8.05. The highest BCUT2D eigenvalue weighted by molar-refractivity contribution is 6.04. The van der Waals surface area contributed by atoms with Crippen molar-refractivity contribution in [1.82, 2.24) is 25.1 Å². The largest absolute Gasteiger partial charge is 0.369 e. The van der Waals surface area contributed by atoms with E-state index in [9.17, 15) is 4.79 Å². The maximum Gasteiger partial charge on any atom is 0.255 e. The Morgan fingerprint density at radius 1 is 0.818 bits per heavy atom. The van der Waals surface area contributed by atoms with Gasteiger partial charge >= 0.3 is 0 Å². The normalized spacial score (nSPS) is 14.2. The van der Waals surface area contributed by atoms with E-state index in [1.807, 2.05) is 24.3 Å². The van der Waals surface area contributed by atoms with Gasteiger partial charge in [0.05, 0.1) is 5.69 Å². The van der Waals surface area contributed by atoms with E-state index < -0.39 is 0 Å². The number of hydrogen-bond acceptors (Lipinski definition) is 6. The van der Waals surface area contributed by atoms with Gasteiger partial charge in [-0.3, -0.25) is 9.69 Å². The summed E-state index contributed by atoms with van der Waals surface area (Å²) < 4.78 is 1.54. The smallest absolute Gasteiger partial charge is 0.255 e. The third-order valence-corrected chi connectivity index (χ3v) is 5.85. The van der Waals surface area contributed by atoms with Crippen LogP contribution in [0.15, 0.2) is 85.2 Å². The third-order valence-electron chi connectivity index (χ3n) is 5.85. The molecule has 3 aromatic carbocycles. The molecule has 33 heavy (non-hydrogen) atoms. The third kappa shape index (κ3) is 5.07. The second-order valence-electron chi connectivity index (χ2n) is 8.05. The Labute approximate surface area is 192 Å². The van der Waals surface area contributed by atoms with Crippen molar-refractivity contribution in [2.45, 2.75) is 6.54 Å². The number of hydrogen-bond donors (Lipinski definition) is 1. The predicted octanol–water partition coefficient (Wildman–Crippen LogP) is 3.24. The number of carbonyl (C=O) groups excluding carboxylic acids is 1. The minimum atomic E-state index is -0.152. The highest BCUT2D eigenvalue weighted by Gasteiger charge is 2.17. The van der Waals surface area contributed by atoms with E-state index >= 15 is 0 Å². The molecule has 0 spiro atoms. The molecule has 1 aliphatic rings. The van der Waals surface area contributed by atoms with Crippen molar-refractivity contribution in [2.24, 2.45) is 0 Å². The van der Waals surface area contributed by atoms with Crippen LogP contribution in [-0.2, 0) is 6.54 Å². The molecular formula is C25H25N7O. The molecule has 4 aromatic rings. The molecule has 0 saturated carbocycles. The molecule has 1 aromatic heterocycles. The summed E-state index contributed by atoms with van der Waals surface area (Å²) in [5.41, 5.74) is 4.68. The molecule has 1 amide bonds. The van der Waals surface area contributed by atoms with Crippen LogP contribution in [0.3, 0.4) is 0 Å². The van der Waals surface area contributed by atoms with E-state index in [0.717, 1.165) is 44.1 Å². The molecule has 1 saturated heterocycles. The molecule has 2 heterocycles. The molecule has 0 unspecified atom stereocenters. The molecular weight excluding hydrogens is 414 g/mol. The van der Waals surface area contributed by atoms with Crippen LogP contribution >= 0.6 is 0 Å². The Morgan fingerprint density at radius 3 is 2.18 bits per heavy atom. The van der Waals surface area contributed by atoms with Gasteiger partial charge < -0.3 is 10.2 Å². The van der Waals surface area contributed by atoms with Crippen LogP contribution in [0, 0.1) is 0 Å². The molecule has 0 atom stereocenters. The zero-order valence-electron chi connectivity index (χ0n) is 18.2. The van der Waals surface area contributed by atoms with Crippen LogP contribution in [0.5, 0.6) is 0 Å². The Hall–Kier alpha value is -4.04. The van der Waals surface area contributed by atoms with E-state index in [0.29, 0.717) is 5.56 Å². The SMILES string of the molecule is O=C(Nc1ccc(N2CCN(Cc3ccccc3)CC2)cc1)c1ccc(-n2cnnn2)cc1. The number of benzene rings is 3. The van der Waals surface area contributed by atoms with E-state index in [1.165, 1.54) is 17.6 Å². The van der Waals surface area contributed by atoms with E-state index in [-0.39, 0.29) is 5.91 Å². The minimum absolute atomic E-state index is 0.152. The lowest BCUT2D eigenvalue weighted by molar-refractivity contribution is 0.102. The average molecular weight is 440 g/mol. The van der Waals surface area contributed by atoms with Crippen LogP contribution in [-0.4, -0.2) is 57.2 Å². The first kappa shape index (κ1) is 20.8. The van der Waals surface area contributed by atoms with Crippen LogP contribution in [0.1, 0.15) is 15.9 Å². The van der Waals surface area contributed by atoms with Crippen molar-refractivity contribution in [1.29, 1.82) is 0 Å². The van der Waals surface area contributed by atoms with Gasteiger partial charge in [0.1, 0.15) is 6.33 Å². The number of anilines is 2. The highest BCUT2D eigenvalue weighted by atomic mass is 16.1. The lowest BCUT2D eigenvalue weighted by atomic mass is 10.1. The molecule has 166 valence electrons. The number of carbonyl (C=O) groups is 1. The molecule has 0 aliphatic carbocycles. The van der Waals surface area contributed by atoms with E-state index in [1.54, 1.807) is 16.8 Å². The van der Waals surface area contributed by atoms with Gasteiger partial charge in [-0.15, -0.1) is 5.10 Å². The second kappa shape index (κ2) is 9.62. The summed E-state index contributed by atoms with van der Waals surface area (Å²) in [6, 6.07) is 25.8. The van der Waals surface area contributed by atoms with Crippen LogP contribution in [0.2, 0.25) is 0 Å². The molecule has 1 N–H and O–H groups in total. The zero-order chi connectivity index (χ0) is 22.5. The number of aromatic nitrogens is 4. The van der Waals surface area contributed by atoms with Gasteiger partial charge in [0.25, 0.3) is 5.91 Å². The van der Waals surface area contributed by atoms with Crippen LogP contribution in [0.4, 0.5) is 11.4 Å². The van der Waals surface area contributed by atoms with Gasteiger partial charge in [0.15, 0.2) is 0 Å². The standard InChI is InChI=1S/C25H25N7O/c33-25(21-6-10-24(11-7-21)32-19-26-28-29-32)27-22-8-12-23(13-9-22)31-16-14-30(15-17-31)18-20-4-2-1-3-5-20/h1-13,19H,14-18H2,(H,27,33).